The van der Waals surface area contributed by atoms with E-state index >= 15 is 0 Å². The van der Waals surface area contributed by atoms with Crippen LogP contribution in [0.25, 0.3) is 0 Å². The van der Waals surface area contributed by atoms with Crippen LogP contribution in [0.15, 0.2) is 0 Å². The molecule has 3 atom stereocenters. The maximum atomic E-state index is 10.5. The van der Waals surface area contributed by atoms with Crippen molar-refractivity contribution in [2.45, 2.75) is 57.1 Å². The van der Waals surface area contributed by atoms with Crippen molar-refractivity contribution in [2.24, 2.45) is 23.0 Å². The fraction of sp³-hybridized carbons (Fsp3) is 1.00. The number of hydrogen-bond donors (Lipinski definition) is 2. The summed E-state index contributed by atoms with van der Waals surface area (Å²) < 4.78 is 0. The van der Waals surface area contributed by atoms with Crippen LogP contribution in [-0.2, 0) is 0 Å². The Kier molecular flexibility index (Phi) is 2.61. The third kappa shape index (κ3) is 1.62. The second-order valence-corrected chi connectivity index (χ2v) is 6.34. The summed E-state index contributed by atoms with van der Waals surface area (Å²) in [4.78, 5) is 0. The van der Waals surface area contributed by atoms with E-state index in [0.29, 0.717) is 5.41 Å². The van der Waals surface area contributed by atoms with Gasteiger partial charge >= 0.3 is 0 Å². The van der Waals surface area contributed by atoms with Gasteiger partial charge in [-0.15, -0.1) is 12.4 Å². The van der Waals surface area contributed by atoms with Gasteiger partial charge in [0.1, 0.15) is 0 Å². The Labute approximate surface area is 98.0 Å². The Morgan fingerprint density at radius 1 is 1.20 bits per heavy atom. The molecule has 2 nitrogen and oxygen atoms in total. The quantitative estimate of drug-likeness (QED) is 0.726. The molecule has 0 aromatic heterocycles. The smallest absolute Gasteiger partial charge is 0.0659 e. The second kappa shape index (κ2) is 3.35. The average molecular weight is 232 g/mol. The third-order valence-electron chi connectivity index (χ3n) is 5.04. The van der Waals surface area contributed by atoms with Crippen LogP contribution in [0.3, 0.4) is 0 Å². The zero-order chi connectivity index (χ0) is 9.97. The molecule has 3 N–H and O–H groups in total. The van der Waals surface area contributed by atoms with Crippen LogP contribution in [0.4, 0.5) is 0 Å². The minimum absolute atomic E-state index is 0. The monoisotopic (exact) mass is 231 g/mol. The molecule has 0 heterocycles. The number of rotatable bonds is 1. The highest BCUT2D eigenvalue weighted by molar-refractivity contribution is 5.85. The molecule has 4 aliphatic carbocycles. The number of nitrogens with two attached hydrogens (primary N) is 1. The summed E-state index contributed by atoms with van der Waals surface area (Å²) in [6.45, 7) is 2.14. The van der Waals surface area contributed by atoms with Crippen LogP contribution in [-0.4, -0.2) is 16.7 Å². The van der Waals surface area contributed by atoms with Gasteiger partial charge in [-0.2, -0.15) is 0 Å². The highest BCUT2D eigenvalue weighted by atomic mass is 35.5. The van der Waals surface area contributed by atoms with E-state index in [-0.39, 0.29) is 24.0 Å². The van der Waals surface area contributed by atoms with Gasteiger partial charge in [-0.1, -0.05) is 0 Å². The van der Waals surface area contributed by atoms with Gasteiger partial charge in [-0.25, -0.2) is 0 Å². The predicted molar refractivity (Wildman–Crippen MR) is 63.0 cm³/mol. The van der Waals surface area contributed by atoms with Crippen molar-refractivity contribution in [3.63, 3.8) is 0 Å². The standard InChI is InChI=1S/C12H21NO.ClH/c1-8(13)11-3-9-2-10(4-11)6-12(14,5-9)7-11;/h8-10,14H,2-7,13H2,1H3;1H. The van der Waals surface area contributed by atoms with E-state index < -0.39 is 0 Å². The molecule has 88 valence electrons. The Hall–Kier alpha value is 0.210. The number of halogens is 1. The summed E-state index contributed by atoms with van der Waals surface area (Å²) in [6, 6.07) is 0.264. The Morgan fingerprint density at radius 2 is 1.73 bits per heavy atom. The first kappa shape index (κ1) is 11.7. The van der Waals surface area contributed by atoms with Crippen LogP contribution in [0.2, 0.25) is 0 Å². The molecule has 0 radical (unpaired) electrons. The maximum absolute atomic E-state index is 10.5. The Morgan fingerprint density at radius 3 is 2.13 bits per heavy atom. The van der Waals surface area contributed by atoms with E-state index in [4.69, 9.17) is 5.73 Å². The fourth-order valence-electron chi connectivity index (χ4n) is 4.82. The molecule has 15 heavy (non-hydrogen) atoms. The van der Waals surface area contributed by atoms with Crippen LogP contribution >= 0.6 is 12.4 Å². The Balaban J connectivity index is 0.000000853. The molecule has 3 unspecified atom stereocenters. The molecular weight excluding hydrogens is 210 g/mol. The highest BCUT2D eigenvalue weighted by Gasteiger charge is 2.58. The maximum Gasteiger partial charge on any atom is 0.0659 e. The summed E-state index contributed by atoms with van der Waals surface area (Å²) in [5.74, 6) is 1.54. The van der Waals surface area contributed by atoms with Crippen LogP contribution in [0, 0.1) is 17.3 Å². The first-order chi connectivity index (χ1) is 6.51. The molecular formula is C12H22ClNO. The molecule has 0 aromatic rings. The first-order valence-corrected chi connectivity index (χ1v) is 5.99. The molecule has 4 aliphatic rings. The molecule has 0 saturated heterocycles. The number of aliphatic hydroxyl groups is 1. The zero-order valence-corrected chi connectivity index (χ0v) is 10.2. The SMILES string of the molecule is CC(N)C12CC3CC(CC(O)(C3)C1)C2.Cl. The average Bonchev–Trinajstić information content (AvgIpc) is 1.98. The molecule has 4 saturated carbocycles. The van der Waals surface area contributed by atoms with Crippen molar-refractivity contribution >= 4 is 12.4 Å². The van der Waals surface area contributed by atoms with Gasteiger partial charge in [0.05, 0.1) is 5.60 Å². The first-order valence-electron chi connectivity index (χ1n) is 5.99. The predicted octanol–water partition coefficient (Wildman–Crippen LogP) is 2.09. The van der Waals surface area contributed by atoms with Crippen molar-refractivity contribution in [2.75, 3.05) is 0 Å². The summed E-state index contributed by atoms with van der Waals surface area (Å²) in [5, 5.41) is 10.5. The molecule has 4 bridgehead atoms. The van der Waals surface area contributed by atoms with Crippen LogP contribution in [0.5, 0.6) is 0 Å². The minimum Gasteiger partial charge on any atom is -0.390 e. The van der Waals surface area contributed by atoms with E-state index in [1.165, 1.54) is 19.3 Å². The largest absolute Gasteiger partial charge is 0.390 e. The van der Waals surface area contributed by atoms with Gasteiger partial charge in [-0.05, 0) is 62.7 Å². The number of hydrogen-bond acceptors (Lipinski definition) is 2. The fourth-order valence-corrected chi connectivity index (χ4v) is 4.82. The van der Waals surface area contributed by atoms with Crippen molar-refractivity contribution in [1.82, 2.24) is 0 Å². The molecule has 0 aromatic carbocycles. The normalized spacial score (nSPS) is 53.8. The third-order valence-corrected chi connectivity index (χ3v) is 5.04. The van der Waals surface area contributed by atoms with Gasteiger partial charge in [0.15, 0.2) is 0 Å². The lowest BCUT2D eigenvalue weighted by Gasteiger charge is -2.61. The molecule has 3 heteroatoms. The van der Waals surface area contributed by atoms with Gasteiger partial charge < -0.3 is 10.8 Å². The van der Waals surface area contributed by atoms with E-state index in [9.17, 15) is 5.11 Å². The lowest BCUT2D eigenvalue weighted by molar-refractivity contribution is -0.168. The van der Waals surface area contributed by atoms with Gasteiger partial charge in [0.25, 0.3) is 0 Å². The van der Waals surface area contributed by atoms with Gasteiger partial charge in [0.2, 0.25) is 0 Å². The second-order valence-electron chi connectivity index (χ2n) is 6.34. The Bertz CT molecular complexity index is 252. The van der Waals surface area contributed by atoms with Crippen molar-refractivity contribution in [1.29, 1.82) is 0 Å². The summed E-state index contributed by atoms with van der Waals surface area (Å²) in [7, 11) is 0. The van der Waals surface area contributed by atoms with E-state index in [1.54, 1.807) is 0 Å². The van der Waals surface area contributed by atoms with E-state index in [0.717, 1.165) is 31.1 Å². The molecule has 0 amide bonds. The summed E-state index contributed by atoms with van der Waals surface area (Å²) in [5.41, 5.74) is 6.09. The van der Waals surface area contributed by atoms with E-state index in [2.05, 4.69) is 6.92 Å². The van der Waals surface area contributed by atoms with Crippen molar-refractivity contribution < 1.29 is 5.11 Å². The molecule has 0 spiro atoms. The van der Waals surface area contributed by atoms with Crippen LogP contribution < -0.4 is 5.73 Å². The topological polar surface area (TPSA) is 46.2 Å². The van der Waals surface area contributed by atoms with Crippen molar-refractivity contribution in [3.05, 3.63) is 0 Å². The molecule has 4 rings (SSSR count). The lowest BCUT2D eigenvalue weighted by Crippen LogP contribution is -2.60. The van der Waals surface area contributed by atoms with Crippen molar-refractivity contribution in [3.8, 4) is 0 Å². The molecule has 4 fully saturated rings. The molecule has 0 aliphatic heterocycles. The summed E-state index contributed by atoms with van der Waals surface area (Å²) >= 11 is 0. The van der Waals surface area contributed by atoms with Gasteiger partial charge in [-0.3, -0.25) is 0 Å². The lowest BCUT2D eigenvalue weighted by atomic mass is 9.46. The van der Waals surface area contributed by atoms with E-state index in [1.807, 2.05) is 0 Å². The summed E-state index contributed by atoms with van der Waals surface area (Å²) in [6.07, 6.45) is 7.00. The minimum atomic E-state index is -0.336. The zero-order valence-electron chi connectivity index (χ0n) is 9.41. The van der Waals surface area contributed by atoms with Gasteiger partial charge in [0, 0.05) is 6.04 Å². The highest BCUT2D eigenvalue weighted by Crippen LogP contribution is 2.62. The van der Waals surface area contributed by atoms with Crippen LogP contribution in [0.1, 0.15) is 45.4 Å².